The highest BCUT2D eigenvalue weighted by Crippen LogP contribution is 2.17. The van der Waals surface area contributed by atoms with E-state index in [0.717, 1.165) is 64.2 Å². The van der Waals surface area contributed by atoms with E-state index in [9.17, 15) is 14.4 Å². The van der Waals surface area contributed by atoms with Crippen LogP contribution >= 0.6 is 0 Å². The van der Waals surface area contributed by atoms with Gasteiger partial charge in [-0.2, -0.15) is 0 Å². The van der Waals surface area contributed by atoms with Gasteiger partial charge >= 0.3 is 17.9 Å². The average molecular weight is 982 g/mol. The van der Waals surface area contributed by atoms with Crippen LogP contribution in [0.25, 0.3) is 0 Å². The topological polar surface area (TPSA) is 78.9 Å². The molecule has 0 unspecified atom stereocenters. The Morgan fingerprint density at radius 3 is 0.843 bits per heavy atom. The molecule has 0 aromatic carbocycles. The van der Waals surface area contributed by atoms with E-state index in [4.69, 9.17) is 14.2 Å². The summed E-state index contributed by atoms with van der Waals surface area (Å²) in [5, 5.41) is 0. The van der Waals surface area contributed by atoms with Crippen molar-refractivity contribution in [3.63, 3.8) is 0 Å². The lowest BCUT2D eigenvalue weighted by atomic mass is 10.0. The van der Waals surface area contributed by atoms with Gasteiger partial charge in [0.05, 0.1) is 0 Å². The summed E-state index contributed by atoms with van der Waals surface area (Å²) in [5.41, 5.74) is 0. The molecule has 0 radical (unpaired) electrons. The highest BCUT2D eigenvalue weighted by Gasteiger charge is 2.19. The second kappa shape index (κ2) is 58.9. The van der Waals surface area contributed by atoms with Crippen molar-refractivity contribution in [1.82, 2.24) is 0 Å². The van der Waals surface area contributed by atoms with E-state index in [2.05, 4.69) is 69.4 Å². The molecule has 0 aliphatic carbocycles. The smallest absolute Gasteiger partial charge is 0.306 e. The van der Waals surface area contributed by atoms with Crippen molar-refractivity contribution in [2.45, 2.75) is 329 Å². The van der Waals surface area contributed by atoms with Gasteiger partial charge in [-0.05, 0) is 57.8 Å². The first-order valence-electron chi connectivity index (χ1n) is 30.6. The average Bonchev–Trinajstić information content (AvgIpc) is 3.36. The number of unbranched alkanes of at least 4 members (excludes halogenated alkanes) is 37. The monoisotopic (exact) mass is 981 g/mol. The largest absolute Gasteiger partial charge is 0.462 e. The van der Waals surface area contributed by atoms with E-state index in [1.807, 2.05) is 0 Å². The molecule has 1 atom stereocenters. The maximum absolute atomic E-state index is 12.9. The van der Waals surface area contributed by atoms with Crippen molar-refractivity contribution in [2.24, 2.45) is 0 Å². The maximum Gasteiger partial charge on any atom is 0.306 e. The summed E-state index contributed by atoms with van der Waals surface area (Å²) >= 11 is 0. The molecule has 0 saturated heterocycles. The number of ether oxygens (including phenoxy) is 3. The predicted octanol–water partition coefficient (Wildman–Crippen LogP) is 20.6. The Balaban J connectivity index is 4.40. The zero-order chi connectivity index (χ0) is 50.7. The zero-order valence-corrected chi connectivity index (χ0v) is 46.8. The van der Waals surface area contributed by atoms with Crippen LogP contribution < -0.4 is 0 Å². The Morgan fingerprint density at radius 2 is 0.529 bits per heavy atom. The third kappa shape index (κ3) is 56.3. The lowest BCUT2D eigenvalue weighted by Gasteiger charge is -2.18. The number of allylic oxidation sites excluding steroid dienone is 8. The van der Waals surface area contributed by atoms with E-state index in [1.54, 1.807) is 0 Å². The van der Waals surface area contributed by atoms with Crippen LogP contribution in [0.2, 0.25) is 0 Å². The molecule has 0 bridgehead atoms. The zero-order valence-electron chi connectivity index (χ0n) is 46.8. The fourth-order valence-corrected chi connectivity index (χ4v) is 8.97. The summed E-state index contributed by atoms with van der Waals surface area (Å²) in [7, 11) is 0. The molecule has 0 spiro atoms. The molecule has 70 heavy (non-hydrogen) atoms. The number of rotatable bonds is 56. The van der Waals surface area contributed by atoms with Gasteiger partial charge in [-0.25, -0.2) is 0 Å². The molecular weight excluding hydrogens is 865 g/mol. The van der Waals surface area contributed by atoms with Gasteiger partial charge in [0.1, 0.15) is 13.2 Å². The molecule has 0 aliphatic rings. The molecule has 0 rings (SSSR count). The highest BCUT2D eigenvalue weighted by molar-refractivity contribution is 5.71. The maximum atomic E-state index is 12.9. The third-order valence-corrected chi connectivity index (χ3v) is 13.6. The van der Waals surface area contributed by atoms with Crippen molar-refractivity contribution in [3.05, 3.63) is 48.6 Å². The van der Waals surface area contributed by atoms with Crippen LogP contribution in [-0.4, -0.2) is 37.2 Å². The summed E-state index contributed by atoms with van der Waals surface area (Å²) in [4.78, 5) is 38.2. The molecule has 0 aromatic heterocycles. The van der Waals surface area contributed by atoms with E-state index in [1.165, 1.54) is 212 Å². The van der Waals surface area contributed by atoms with Crippen molar-refractivity contribution >= 4 is 17.9 Å². The lowest BCUT2D eigenvalue weighted by molar-refractivity contribution is -0.167. The SMILES string of the molecule is CCCCC/C=C/C/C=C/C/C=C/C/C=C/CCCC(=O)O[C@H](COC(=O)CCCCCCCCCCCCCCCCCC)COC(=O)CCCCCCCCCCCCCCCCCCCCC. The van der Waals surface area contributed by atoms with Crippen LogP contribution in [-0.2, 0) is 28.6 Å². The van der Waals surface area contributed by atoms with E-state index >= 15 is 0 Å². The summed E-state index contributed by atoms with van der Waals surface area (Å²) in [5.74, 6) is -0.926. The second-order valence-electron chi connectivity index (χ2n) is 20.6. The van der Waals surface area contributed by atoms with Crippen LogP contribution in [0.3, 0.4) is 0 Å². The van der Waals surface area contributed by atoms with Gasteiger partial charge in [0.25, 0.3) is 0 Å². The molecule has 6 heteroatoms. The molecular formula is C64H116O6. The van der Waals surface area contributed by atoms with Gasteiger partial charge < -0.3 is 14.2 Å². The summed E-state index contributed by atoms with van der Waals surface area (Å²) < 4.78 is 16.9. The fraction of sp³-hybridized carbons (Fsp3) is 0.828. The van der Waals surface area contributed by atoms with Crippen LogP contribution in [0.15, 0.2) is 48.6 Å². The van der Waals surface area contributed by atoms with E-state index < -0.39 is 6.10 Å². The van der Waals surface area contributed by atoms with Gasteiger partial charge in [-0.1, -0.05) is 294 Å². The van der Waals surface area contributed by atoms with Gasteiger partial charge in [0.15, 0.2) is 6.10 Å². The minimum absolute atomic E-state index is 0.0901. The summed E-state index contributed by atoms with van der Waals surface area (Å²) in [6, 6.07) is 0. The quantitative estimate of drug-likeness (QED) is 0.0261. The molecule has 408 valence electrons. The molecule has 0 saturated carbocycles. The van der Waals surface area contributed by atoms with Crippen LogP contribution in [0.4, 0.5) is 0 Å². The second-order valence-corrected chi connectivity index (χ2v) is 20.6. The minimum Gasteiger partial charge on any atom is -0.462 e. The number of carbonyl (C=O) groups excluding carboxylic acids is 3. The summed E-state index contributed by atoms with van der Waals surface area (Å²) in [6.45, 7) is 6.62. The molecule has 6 nitrogen and oxygen atoms in total. The Hall–Kier alpha value is -2.63. The Bertz CT molecular complexity index is 1220. The Kier molecular flexibility index (Phi) is 56.7. The van der Waals surface area contributed by atoms with Crippen molar-refractivity contribution < 1.29 is 28.6 Å². The van der Waals surface area contributed by atoms with Crippen LogP contribution in [0.1, 0.15) is 323 Å². The fourth-order valence-electron chi connectivity index (χ4n) is 8.97. The van der Waals surface area contributed by atoms with Crippen molar-refractivity contribution in [2.75, 3.05) is 13.2 Å². The number of hydrogen-bond donors (Lipinski definition) is 0. The molecule has 0 aromatic rings. The van der Waals surface area contributed by atoms with Crippen molar-refractivity contribution in [3.8, 4) is 0 Å². The molecule has 0 amide bonds. The molecule has 0 fully saturated rings. The predicted molar refractivity (Wildman–Crippen MR) is 302 cm³/mol. The lowest BCUT2D eigenvalue weighted by Crippen LogP contribution is -2.30. The molecule has 0 heterocycles. The van der Waals surface area contributed by atoms with E-state index in [0.29, 0.717) is 19.3 Å². The first-order chi connectivity index (χ1) is 34.5. The summed E-state index contributed by atoms with van der Waals surface area (Å²) in [6.07, 6.45) is 72.6. The van der Waals surface area contributed by atoms with Crippen molar-refractivity contribution in [1.29, 1.82) is 0 Å². The van der Waals surface area contributed by atoms with Gasteiger partial charge in [-0.15, -0.1) is 0 Å². The standard InChI is InChI=1S/C64H116O6/c1-4-7-10-13-16-19-22-25-28-31-32-34-36-39-42-45-48-51-54-57-63(66)69-60-61(59-68-62(65)56-53-50-47-44-41-38-35-30-27-24-21-18-15-12-9-6-3)70-64(67)58-55-52-49-46-43-40-37-33-29-26-23-20-17-14-11-8-5-2/h17,20,26,29,37,40,46,49,61H,4-16,18-19,21-25,27-28,30-36,38-39,41-45,47-48,50-60H2,1-3H3/b20-17+,29-26+,40-37+,49-46+/t61-/m1/s1. The number of carbonyl (C=O) groups is 3. The van der Waals surface area contributed by atoms with Crippen LogP contribution in [0.5, 0.6) is 0 Å². The Labute approximate surface area is 435 Å². The molecule has 0 N–H and O–H groups in total. The number of hydrogen-bond acceptors (Lipinski definition) is 6. The van der Waals surface area contributed by atoms with E-state index in [-0.39, 0.29) is 37.5 Å². The van der Waals surface area contributed by atoms with Gasteiger partial charge in [0, 0.05) is 19.3 Å². The highest BCUT2D eigenvalue weighted by atomic mass is 16.6. The van der Waals surface area contributed by atoms with Crippen LogP contribution in [0, 0.1) is 0 Å². The molecule has 0 aliphatic heterocycles. The minimum atomic E-state index is -0.798. The first kappa shape index (κ1) is 67.4. The first-order valence-corrected chi connectivity index (χ1v) is 30.6. The normalized spacial score (nSPS) is 12.3. The van der Waals surface area contributed by atoms with Gasteiger partial charge in [-0.3, -0.25) is 14.4 Å². The Morgan fingerprint density at radius 1 is 0.286 bits per heavy atom. The third-order valence-electron chi connectivity index (χ3n) is 13.6. The van der Waals surface area contributed by atoms with Gasteiger partial charge in [0.2, 0.25) is 0 Å². The number of esters is 3.